The number of benzene rings is 1. The number of amides is 1. The Morgan fingerprint density at radius 2 is 1.91 bits per heavy atom. The molecule has 0 spiro atoms. The zero-order valence-electron chi connectivity index (χ0n) is 13.4. The van der Waals surface area contributed by atoms with E-state index in [0.29, 0.717) is 17.1 Å². The van der Waals surface area contributed by atoms with E-state index in [0.717, 1.165) is 51.6 Å². The van der Waals surface area contributed by atoms with Crippen molar-refractivity contribution < 1.29 is 9.53 Å². The van der Waals surface area contributed by atoms with Crippen molar-refractivity contribution >= 4 is 23.2 Å². The number of carbonyl (C=O) groups is 1. The number of hydrogen-bond acceptors (Lipinski definition) is 4. The van der Waals surface area contributed by atoms with Gasteiger partial charge in [0, 0.05) is 44.8 Å². The van der Waals surface area contributed by atoms with Gasteiger partial charge in [-0.3, -0.25) is 9.69 Å². The highest BCUT2D eigenvalue weighted by atomic mass is 35.5. The molecule has 2 saturated heterocycles. The van der Waals surface area contributed by atoms with E-state index in [9.17, 15) is 4.79 Å². The van der Waals surface area contributed by atoms with Gasteiger partial charge in [-0.15, -0.1) is 0 Å². The summed E-state index contributed by atoms with van der Waals surface area (Å²) in [5, 5.41) is 3.63. The molecule has 2 heterocycles. The molecule has 1 amide bonds. The molecule has 1 N–H and O–H groups in total. The zero-order valence-corrected chi connectivity index (χ0v) is 14.1. The molecular weight excluding hydrogens is 314 g/mol. The summed E-state index contributed by atoms with van der Waals surface area (Å²) in [4.78, 5) is 16.8. The van der Waals surface area contributed by atoms with Crippen molar-refractivity contribution in [3.05, 3.63) is 28.8 Å². The van der Waals surface area contributed by atoms with Gasteiger partial charge in [-0.25, -0.2) is 0 Å². The van der Waals surface area contributed by atoms with Crippen LogP contribution in [-0.2, 0) is 4.74 Å². The van der Waals surface area contributed by atoms with Gasteiger partial charge >= 0.3 is 0 Å². The van der Waals surface area contributed by atoms with Crippen LogP contribution in [-0.4, -0.2) is 63.3 Å². The Balaban J connectivity index is 1.51. The van der Waals surface area contributed by atoms with E-state index in [1.807, 2.05) is 12.1 Å². The molecule has 1 aromatic rings. The second kappa shape index (κ2) is 7.99. The topological polar surface area (TPSA) is 44.8 Å². The molecule has 2 aliphatic rings. The fourth-order valence-electron chi connectivity index (χ4n) is 3.12. The molecule has 0 aromatic heterocycles. The van der Waals surface area contributed by atoms with Crippen LogP contribution in [0.4, 0.5) is 5.69 Å². The van der Waals surface area contributed by atoms with E-state index in [1.54, 1.807) is 6.07 Å². The van der Waals surface area contributed by atoms with Gasteiger partial charge in [-0.05, 0) is 31.0 Å². The Labute approximate surface area is 142 Å². The lowest BCUT2D eigenvalue weighted by Crippen LogP contribution is -2.41. The van der Waals surface area contributed by atoms with Crippen molar-refractivity contribution in [3.63, 3.8) is 0 Å². The number of hydrogen-bond donors (Lipinski definition) is 1. The fraction of sp³-hybridized carbons (Fsp3) is 0.588. The zero-order chi connectivity index (χ0) is 16.1. The molecule has 126 valence electrons. The van der Waals surface area contributed by atoms with Crippen LogP contribution in [0.3, 0.4) is 0 Å². The average molecular weight is 338 g/mol. The molecule has 2 aliphatic heterocycles. The van der Waals surface area contributed by atoms with Crippen LogP contribution in [0.2, 0.25) is 5.02 Å². The molecule has 23 heavy (non-hydrogen) atoms. The van der Waals surface area contributed by atoms with E-state index >= 15 is 0 Å². The van der Waals surface area contributed by atoms with Gasteiger partial charge < -0.3 is 15.0 Å². The van der Waals surface area contributed by atoms with Gasteiger partial charge in [0.05, 0.1) is 23.9 Å². The minimum atomic E-state index is -0.0619. The summed E-state index contributed by atoms with van der Waals surface area (Å²) in [6.07, 6.45) is 2.42. The lowest BCUT2D eigenvalue weighted by molar-refractivity contribution is 0.0383. The summed E-state index contributed by atoms with van der Waals surface area (Å²) >= 11 is 6.37. The number of carbonyl (C=O) groups excluding carboxylic acids is 1. The Kier molecular flexibility index (Phi) is 5.75. The molecule has 1 aromatic carbocycles. The first kappa shape index (κ1) is 16.6. The quantitative estimate of drug-likeness (QED) is 0.892. The normalized spacial score (nSPS) is 19.1. The lowest BCUT2D eigenvalue weighted by atomic mass is 10.2. The molecule has 3 rings (SSSR count). The van der Waals surface area contributed by atoms with Crippen molar-refractivity contribution in [3.8, 4) is 0 Å². The minimum Gasteiger partial charge on any atom is -0.379 e. The van der Waals surface area contributed by atoms with Gasteiger partial charge in [0.25, 0.3) is 5.91 Å². The number of nitrogens with zero attached hydrogens (tertiary/aromatic N) is 2. The van der Waals surface area contributed by atoms with E-state index in [4.69, 9.17) is 16.3 Å². The molecule has 6 heteroatoms. The molecule has 0 unspecified atom stereocenters. The minimum absolute atomic E-state index is 0.0619. The maximum Gasteiger partial charge on any atom is 0.251 e. The molecule has 0 saturated carbocycles. The number of rotatable bonds is 5. The standard InChI is InChI=1S/C17H24ClN3O2/c18-15-13-14(3-4-16(15)21-6-1-2-7-21)17(22)19-5-8-20-9-11-23-12-10-20/h3-4,13H,1-2,5-12H2,(H,19,22). The first-order valence-electron chi connectivity index (χ1n) is 8.37. The van der Waals surface area contributed by atoms with Crippen LogP contribution in [0.5, 0.6) is 0 Å². The SMILES string of the molecule is O=C(NCCN1CCOCC1)c1ccc(N2CCCC2)c(Cl)c1. The molecule has 0 aliphatic carbocycles. The third-order valence-corrected chi connectivity index (χ3v) is 4.78. The van der Waals surface area contributed by atoms with Gasteiger partial charge in [0.1, 0.15) is 0 Å². The number of ether oxygens (including phenoxy) is 1. The van der Waals surface area contributed by atoms with Crippen molar-refractivity contribution in [2.45, 2.75) is 12.8 Å². The lowest BCUT2D eigenvalue weighted by Gasteiger charge is -2.26. The molecule has 2 fully saturated rings. The predicted octanol–water partition coefficient (Wildman–Crippen LogP) is 2.00. The molecule has 0 atom stereocenters. The van der Waals surface area contributed by atoms with Crippen molar-refractivity contribution in [1.29, 1.82) is 0 Å². The number of nitrogens with one attached hydrogen (secondary N) is 1. The number of halogens is 1. The van der Waals surface area contributed by atoms with E-state index in [1.165, 1.54) is 12.8 Å². The molecule has 0 bridgehead atoms. The summed E-state index contributed by atoms with van der Waals surface area (Å²) in [6, 6.07) is 5.60. The number of morpholine rings is 1. The monoisotopic (exact) mass is 337 g/mol. The Morgan fingerprint density at radius 3 is 2.61 bits per heavy atom. The highest BCUT2D eigenvalue weighted by Gasteiger charge is 2.17. The third-order valence-electron chi connectivity index (χ3n) is 4.47. The van der Waals surface area contributed by atoms with Crippen LogP contribution in [0.15, 0.2) is 18.2 Å². The van der Waals surface area contributed by atoms with Crippen LogP contribution in [0.1, 0.15) is 23.2 Å². The maximum atomic E-state index is 12.2. The fourth-order valence-corrected chi connectivity index (χ4v) is 3.42. The third kappa shape index (κ3) is 4.37. The van der Waals surface area contributed by atoms with E-state index in [2.05, 4.69) is 15.1 Å². The van der Waals surface area contributed by atoms with Gasteiger partial charge in [0.2, 0.25) is 0 Å². The van der Waals surface area contributed by atoms with Gasteiger partial charge in [0.15, 0.2) is 0 Å². The van der Waals surface area contributed by atoms with Crippen LogP contribution >= 0.6 is 11.6 Å². The second-order valence-corrected chi connectivity index (χ2v) is 6.48. The molecule has 5 nitrogen and oxygen atoms in total. The average Bonchev–Trinajstić information content (AvgIpc) is 3.10. The second-order valence-electron chi connectivity index (χ2n) is 6.07. The van der Waals surface area contributed by atoms with Crippen molar-refractivity contribution in [2.75, 3.05) is 57.4 Å². The maximum absolute atomic E-state index is 12.2. The summed E-state index contributed by atoms with van der Waals surface area (Å²) in [7, 11) is 0. The predicted molar refractivity (Wildman–Crippen MR) is 92.5 cm³/mol. The van der Waals surface area contributed by atoms with Crippen LogP contribution in [0, 0.1) is 0 Å². The van der Waals surface area contributed by atoms with Crippen molar-refractivity contribution in [2.24, 2.45) is 0 Å². The van der Waals surface area contributed by atoms with Crippen LogP contribution < -0.4 is 10.2 Å². The van der Waals surface area contributed by atoms with Crippen LogP contribution in [0.25, 0.3) is 0 Å². The summed E-state index contributed by atoms with van der Waals surface area (Å²) < 4.78 is 5.32. The van der Waals surface area contributed by atoms with E-state index < -0.39 is 0 Å². The van der Waals surface area contributed by atoms with E-state index in [-0.39, 0.29) is 5.91 Å². The Hall–Kier alpha value is -1.30. The molecule has 0 radical (unpaired) electrons. The van der Waals surface area contributed by atoms with Crippen molar-refractivity contribution in [1.82, 2.24) is 10.2 Å². The van der Waals surface area contributed by atoms with Gasteiger partial charge in [-0.2, -0.15) is 0 Å². The smallest absolute Gasteiger partial charge is 0.251 e. The highest BCUT2D eigenvalue weighted by Crippen LogP contribution is 2.29. The highest BCUT2D eigenvalue weighted by molar-refractivity contribution is 6.33. The molecular formula is C17H24ClN3O2. The number of anilines is 1. The summed E-state index contributed by atoms with van der Waals surface area (Å²) in [5.41, 5.74) is 1.66. The van der Waals surface area contributed by atoms with Gasteiger partial charge in [-0.1, -0.05) is 11.6 Å². The Morgan fingerprint density at radius 1 is 1.17 bits per heavy atom. The summed E-state index contributed by atoms with van der Waals surface area (Å²) in [6.45, 7) is 7.02. The summed E-state index contributed by atoms with van der Waals surface area (Å²) in [5.74, 6) is -0.0619. The largest absolute Gasteiger partial charge is 0.379 e. The first-order chi connectivity index (χ1) is 11.2. The Bertz CT molecular complexity index is 541. The first-order valence-corrected chi connectivity index (χ1v) is 8.74.